The van der Waals surface area contributed by atoms with Crippen molar-refractivity contribution in [3.63, 3.8) is 0 Å². The fourth-order valence-corrected chi connectivity index (χ4v) is 2.42. The third-order valence-corrected chi connectivity index (χ3v) is 4.02. The molecule has 0 aliphatic heterocycles. The van der Waals surface area contributed by atoms with Crippen LogP contribution in [0, 0.1) is 13.8 Å². The fraction of sp³-hybridized carbons (Fsp3) is 0.333. The van der Waals surface area contributed by atoms with Gasteiger partial charge in [-0.05, 0) is 63.1 Å². The molecular weight excluding hydrogens is 360 g/mol. The minimum absolute atomic E-state index is 0.0232. The van der Waals surface area contributed by atoms with E-state index in [-0.39, 0.29) is 12.7 Å². The Morgan fingerprint density at radius 2 is 1.75 bits per heavy atom. The van der Waals surface area contributed by atoms with Gasteiger partial charge < -0.3 is 14.2 Å². The predicted molar refractivity (Wildman–Crippen MR) is 106 cm³/mol. The molecule has 0 fully saturated rings. The van der Waals surface area contributed by atoms with Crippen molar-refractivity contribution in [2.75, 3.05) is 13.7 Å². The van der Waals surface area contributed by atoms with Gasteiger partial charge >= 0.3 is 0 Å². The Bertz CT molecular complexity index is 849. The maximum atomic E-state index is 12.3. The summed E-state index contributed by atoms with van der Waals surface area (Å²) in [5, 5.41) is 0. The van der Waals surface area contributed by atoms with Gasteiger partial charge in [-0.15, -0.1) is 0 Å². The third kappa shape index (κ3) is 5.64. The van der Waals surface area contributed by atoms with Crippen LogP contribution in [0.15, 0.2) is 36.4 Å². The van der Waals surface area contributed by atoms with Crippen molar-refractivity contribution in [2.45, 2.75) is 33.8 Å². The number of rotatable bonds is 7. The minimum atomic E-state index is -0.477. The summed E-state index contributed by atoms with van der Waals surface area (Å²) in [6.07, 6.45) is -0.0232. The summed E-state index contributed by atoms with van der Waals surface area (Å²) in [4.78, 5) is 24.2. The third-order valence-electron chi connectivity index (χ3n) is 4.02. The molecule has 2 rings (SSSR count). The van der Waals surface area contributed by atoms with Gasteiger partial charge in [-0.3, -0.25) is 20.4 Å². The molecule has 150 valence electrons. The molecule has 28 heavy (non-hydrogen) atoms. The molecule has 0 bridgehead atoms. The Hall–Kier alpha value is -3.22. The molecule has 2 amide bonds. The Kier molecular flexibility index (Phi) is 7.26. The molecule has 7 heteroatoms. The lowest BCUT2D eigenvalue weighted by Crippen LogP contribution is -2.43. The number of carbonyl (C=O) groups is 2. The maximum absolute atomic E-state index is 12.3. The second-order valence-corrected chi connectivity index (χ2v) is 6.52. The summed E-state index contributed by atoms with van der Waals surface area (Å²) in [5.41, 5.74) is 7.06. The average Bonchev–Trinajstić information content (AvgIpc) is 2.67. The Labute approximate surface area is 165 Å². The van der Waals surface area contributed by atoms with Gasteiger partial charge in [-0.25, -0.2) is 0 Å². The van der Waals surface area contributed by atoms with Crippen molar-refractivity contribution in [3.05, 3.63) is 53.1 Å². The van der Waals surface area contributed by atoms with Crippen LogP contribution in [0.5, 0.6) is 17.2 Å². The van der Waals surface area contributed by atoms with Crippen LogP contribution >= 0.6 is 0 Å². The molecule has 0 saturated heterocycles. The van der Waals surface area contributed by atoms with Gasteiger partial charge in [0.05, 0.1) is 13.2 Å². The first kappa shape index (κ1) is 21.1. The number of benzene rings is 2. The number of hydrogen-bond donors (Lipinski definition) is 2. The predicted octanol–water partition coefficient (Wildman–Crippen LogP) is 2.94. The van der Waals surface area contributed by atoms with Crippen LogP contribution in [0.4, 0.5) is 0 Å². The topological polar surface area (TPSA) is 85.9 Å². The van der Waals surface area contributed by atoms with Gasteiger partial charge in [-0.2, -0.15) is 0 Å². The van der Waals surface area contributed by atoms with Crippen molar-refractivity contribution in [2.24, 2.45) is 0 Å². The van der Waals surface area contributed by atoms with Gasteiger partial charge in [0.1, 0.15) is 5.75 Å². The summed E-state index contributed by atoms with van der Waals surface area (Å²) in [6.45, 7) is 7.47. The normalized spacial score (nSPS) is 10.4. The van der Waals surface area contributed by atoms with Crippen LogP contribution in [0.1, 0.15) is 35.3 Å². The monoisotopic (exact) mass is 386 g/mol. The highest BCUT2D eigenvalue weighted by Gasteiger charge is 2.13. The number of nitrogens with one attached hydrogen (secondary N) is 2. The van der Waals surface area contributed by atoms with Crippen LogP contribution in [0.2, 0.25) is 0 Å². The van der Waals surface area contributed by atoms with Crippen LogP contribution in [0.3, 0.4) is 0 Å². The van der Waals surface area contributed by atoms with Crippen molar-refractivity contribution in [3.8, 4) is 17.2 Å². The Balaban J connectivity index is 1.90. The zero-order valence-electron chi connectivity index (χ0n) is 16.8. The highest BCUT2D eigenvalue weighted by Crippen LogP contribution is 2.28. The van der Waals surface area contributed by atoms with Crippen molar-refractivity contribution >= 4 is 11.8 Å². The summed E-state index contributed by atoms with van der Waals surface area (Å²) < 4.78 is 16.4. The molecule has 0 spiro atoms. The van der Waals surface area contributed by atoms with E-state index in [1.165, 1.54) is 7.11 Å². The minimum Gasteiger partial charge on any atom is -0.493 e. The number of aryl methyl sites for hydroxylation is 1. The van der Waals surface area contributed by atoms with Gasteiger partial charge in [0.2, 0.25) is 0 Å². The number of hydrazine groups is 1. The largest absolute Gasteiger partial charge is 0.493 e. The lowest BCUT2D eigenvalue weighted by molar-refractivity contribution is -0.123. The second-order valence-electron chi connectivity index (χ2n) is 6.52. The average molecular weight is 386 g/mol. The van der Waals surface area contributed by atoms with Crippen molar-refractivity contribution in [1.29, 1.82) is 0 Å². The first-order chi connectivity index (χ1) is 13.3. The summed E-state index contributed by atoms with van der Waals surface area (Å²) in [5.74, 6) is 0.661. The lowest BCUT2D eigenvalue weighted by Gasteiger charge is -2.15. The van der Waals surface area contributed by atoms with Gasteiger partial charge in [-0.1, -0.05) is 12.1 Å². The molecule has 0 heterocycles. The number of methoxy groups -OCH3 is 1. The van der Waals surface area contributed by atoms with Crippen LogP contribution < -0.4 is 25.1 Å². The number of ether oxygens (including phenoxy) is 3. The van der Waals surface area contributed by atoms with Crippen LogP contribution in [0.25, 0.3) is 0 Å². The molecule has 0 aliphatic rings. The van der Waals surface area contributed by atoms with E-state index in [1.807, 2.05) is 39.8 Å². The van der Waals surface area contributed by atoms with Crippen LogP contribution in [-0.2, 0) is 4.79 Å². The first-order valence-electron chi connectivity index (χ1n) is 8.94. The summed E-state index contributed by atoms with van der Waals surface area (Å²) in [7, 11) is 1.50. The first-order valence-corrected chi connectivity index (χ1v) is 8.94. The number of carbonyl (C=O) groups excluding carboxylic acids is 2. The molecule has 2 aromatic rings. The molecule has 0 aliphatic carbocycles. The molecule has 0 atom stereocenters. The summed E-state index contributed by atoms with van der Waals surface area (Å²) in [6, 6.07) is 10.4. The van der Waals surface area contributed by atoms with E-state index < -0.39 is 11.8 Å². The molecule has 7 nitrogen and oxygen atoms in total. The van der Waals surface area contributed by atoms with Gasteiger partial charge in [0.25, 0.3) is 11.8 Å². The standard InChI is InChI=1S/C21H26N2O5/c1-13(2)28-18-10-9-16(11-19(18)26-5)21(25)23-22-20(24)12-27-17-8-6-7-14(3)15(17)4/h6-11,13H,12H2,1-5H3,(H,22,24)(H,23,25). The molecule has 0 radical (unpaired) electrons. The number of amides is 2. The van der Waals surface area contributed by atoms with Crippen molar-refractivity contribution < 1.29 is 23.8 Å². The lowest BCUT2D eigenvalue weighted by atomic mass is 10.1. The molecule has 0 saturated carbocycles. The molecular formula is C21H26N2O5. The maximum Gasteiger partial charge on any atom is 0.276 e. The molecule has 2 aromatic carbocycles. The van der Waals surface area contributed by atoms with E-state index in [4.69, 9.17) is 14.2 Å². The van der Waals surface area contributed by atoms with Crippen LogP contribution in [-0.4, -0.2) is 31.6 Å². The number of hydrogen-bond acceptors (Lipinski definition) is 5. The Morgan fingerprint density at radius 1 is 1.00 bits per heavy atom. The zero-order chi connectivity index (χ0) is 20.7. The second kappa shape index (κ2) is 9.64. The van der Waals surface area contributed by atoms with E-state index in [0.29, 0.717) is 22.8 Å². The van der Waals surface area contributed by atoms with E-state index in [0.717, 1.165) is 11.1 Å². The van der Waals surface area contributed by atoms with Gasteiger partial charge in [0.15, 0.2) is 18.1 Å². The molecule has 2 N–H and O–H groups in total. The van der Waals surface area contributed by atoms with Crippen molar-refractivity contribution in [1.82, 2.24) is 10.9 Å². The zero-order valence-corrected chi connectivity index (χ0v) is 16.8. The molecule has 0 aromatic heterocycles. The summed E-state index contributed by atoms with van der Waals surface area (Å²) >= 11 is 0. The fourth-order valence-electron chi connectivity index (χ4n) is 2.42. The van der Waals surface area contributed by atoms with E-state index in [1.54, 1.807) is 24.3 Å². The quantitative estimate of drug-likeness (QED) is 0.715. The molecule has 0 unspecified atom stereocenters. The van der Waals surface area contributed by atoms with E-state index in [9.17, 15) is 9.59 Å². The highest BCUT2D eigenvalue weighted by atomic mass is 16.5. The van der Waals surface area contributed by atoms with Gasteiger partial charge in [0, 0.05) is 5.56 Å². The van der Waals surface area contributed by atoms with E-state index in [2.05, 4.69) is 10.9 Å². The van der Waals surface area contributed by atoms with E-state index >= 15 is 0 Å². The smallest absolute Gasteiger partial charge is 0.276 e. The Morgan fingerprint density at radius 3 is 2.43 bits per heavy atom. The highest BCUT2D eigenvalue weighted by molar-refractivity contribution is 5.96. The SMILES string of the molecule is COc1cc(C(=O)NNC(=O)COc2cccc(C)c2C)ccc1OC(C)C.